The molecule has 0 spiro atoms. The van der Waals surface area contributed by atoms with Crippen molar-refractivity contribution in [1.82, 2.24) is 0 Å². The van der Waals surface area contributed by atoms with Crippen molar-refractivity contribution < 1.29 is 0 Å². The molecule has 9 heavy (non-hydrogen) atoms. The van der Waals surface area contributed by atoms with Gasteiger partial charge in [-0.15, -0.1) is 12.6 Å². The molecule has 0 aromatic carbocycles. The molecule has 1 atom stereocenters. The Kier molecular flexibility index (Phi) is 2.17. The van der Waals surface area contributed by atoms with Gasteiger partial charge in [0, 0.05) is 5.92 Å². The number of hydrogen-bond acceptors (Lipinski definition) is 1. The molecule has 0 aliphatic heterocycles. The van der Waals surface area contributed by atoms with Gasteiger partial charge in [0.15, 0.2) is 0 Å². The molecule has 1 unspecified atom stereocenters. The Hall–Kier alpha value is -0.430. The van der Waals surface area contributed by atoms with E-state index >= 15 is 0 Å². The van der Waals surface area contributed by atoms with Gasteiger partial charge in [0.2, 0.25) is 0 Å². The Bertz CT molecular complexity index is 175. The van der Waals surface area contributed by atoms with Crippen molar-refractivity contribution in [2.75, 3.05) is 0 Å². The second-order valence-electron chi connectivity index (χ2n) is 2.15. The number of thiol groups is 1. The van der Waals surface area contributed by atoms with E-state index < -0.39 is 0 Å². The number of rotatable bonds is 0. The van der Waals surface area contributed by atoms with E-state index in [1.807, 2.05) is 24.3 Å². The van der Waals surface area contributed by atoms with Crippen molar-refractivity contribution in [3.05, 3.63) is 35.3 Å². The fourth-order valence-electron chi connectivity index (χ4n) is 0.699. The van der Waals surface area contributed by atoms with Gasteiger partial charge in [-0.25, -0.2) is 0 Å². The summed E-state index contributed by atoms with van der Waals surface area (Å²) in [4.78, 5) is 1.13. The predicted octanol–water partition coefficient (Wildman–Crippen LogP) is 2.56. The molecule has 0 aromatic rings. The van der Waals surface area contributed by atoms with Crippen molar-refractivity contribution in [3.63, 3.8) is 0 Å². The average molecular weight is 138 g/mol. The Morgan fingerprint density at radius 1 is 1.33 bits per heavy atom. The molecule has 1 heteroatoms. The summed E-state index contributed by atoms with van der Waals surface area (Å²) in [5, 5.41) is 0. The van der Waals surface area contributed by atoms with Crippen LogP contribution in [0.3, 0.4) is 0 Å². The van der Waals surface area contributed by atoms with Crippen molar-refractivity contribution in [2.24, 2.45) is 5.92 Å². The van der Waals surface area contributed by atoms with Crippen LogP contribution in [0.2, 0.25) is 0 Å². The molecule has 0 bridgehead atoms. The Labute approximate surface area is 61.4 Å². The summed E-state index contributed by atoms with van der Waals surface area (Å²) in [6.07, 6.45) is 10.2. The van der Waals surface area contributed by atoms with Gasteiger partial charge in [-0.1, -0.05) is 37.3 Å². The molecule has 0 N–H and O–H groups in total. The highest BCUT2D eigenvalue weighted by molar-refractivity contribution is 7.84. The van der Waals surface area contributed by atoms with Gasteiger partial charge >= 0.3 is 0 Å². The van der Waals surface area contributed by atoms with Gasteiger partial charge in [0.25, 0.3) is 0 Å². The zero-order valence-electron chi connectivity index (χ0n) is 5.41. The second kappa shape index (κ2) is 2.92. The van der Waals surface area contributed by atoms with Crippen LogP contribution in [0, 0.1) is 5.92 Å². The highest BCUT2D eigenvalue weighted by Crippen LogP contribution is 2.17. The summed E-state index contributed by atoms with van der Waals surface area (Å²) >= 11 is 4.28. The Morgan fingerprint density at radius 2 is 2.11 bits per heavy atom. The minimum absolute atomic E-state index is 0.475. The van der Waals surface area contributed by atoms with E-state index in [0.717, 1.165) is 4.91 Å². The highest BCUT2D eigenvalue weighted by atomic mass is 32.1. The summed E-state index contributed by atoms with van der Waals surface area (Å²) in [5.41, 5.74) is 0. The quantitative estimate of drug-likeness (QED) is 0.489. The molecular formula is C8H10S. The maximum absolute atomic E-state index is 4.28. The molecule has 1 aliphatic rings. The first-order valence-electron chi connectivity index (χ1n) is 3.04. The molecule has 0 radical (unpaired) electrons. The first-order valence-corrected chi connectivity index (χ1v) is 3.49. The van der Waals surface area contributed by atoms with Gasteiger partial charge in [-0.2, -0.15) is 0 Å². The van der Waals surface area contributed by atoms with E-state index in [1.54, 1.807) is 0 Å². The van der Waals surface area contributed by atoms with E-state index in [2.05, 4.69) is 25.6 Å². The molecule has 0 nitrogen and oxygen atoms in total. The van der Waals surface area contributed by atoms with Crippen molar-refractivity contribution >= 4 is 12.6 Å². The standard InChI is InChI=1S/C8H10S/c1-7-5-3-2-4-6-8(7)9/h2-7,9H,1H3. The van der Waals surface area contributed by atoms with Crippen LogP contribution in [0.25, 0.3) is 0 Å². The minimum atomic E-state index is 0.475. The SMILES string of the molecule is CC1C=CC=CC=C1S. The van der Waals surface area contributed by atoms with E-state index in [0.29, 0.717) is 5.92 Å². The molecular weight excluding hydrogens is 128 g/mol. The summed E-state index contributed by atoms with van der Waals surface area (Å²) < 4.78 is 0. The molecule has 0 saturated carbocycles. The van der Waals surface area contributed by atoms with E-state index in [-0.39, 0.29) is 0 Å². The molecule has 0 aromatic heterocycles. The van der Waals surface area contributed by atoms with Crippen LogP contribution in [-0.2, 0) is 0 Å². The maximum Gasteiger partial charge on any atom is 0.00500 e. The third-order valence-corrected chi connectivity index (χ3v) is 1.91. The van der Waals surface area contributed by atoms with E-state index in [1.165, 1.54) is 0 Å². The second-order valence-corrected chi connectivity index (χ2v) is 2.67. The van der Waals surface area contributed by atoms with Gasteiger partial charge in [-0.05, 0) is 4.91 Å². The lowest BCUT2D eigenvalue weighted by Gasteiger charge is -2.01. The van der Waals surface area contributed by atoms with Gasteiger partial charge < -0.3 is 0 Å². The van der Waals surface area contributed by atoms with Crippen molar-refractivity contribution in [3.8, 4) is 0 Å². The lowest BCUT2D eigenvalue weighted by molar-refractivity contribution is 0.927. The van der Waals surface area contributed by atoms with Crippen LogP contribution in [0.4, 0.5) is 0 Å². The minimum Gasteiger partial charge on any atom is -0.147 e. The normalized spacial score (nSPS) is 25.6. The highest BCUT2D eigenvalue weighted by Gasteiger charge is 1.98. The fraction of sp³-hybridized carbons (Fsp3) is 0.250. The summed E-state index contributed by atoms with van der Waals surface area (Å²) in [6, 6.07) is 0. The van der Waals surface area contributed by atoms with Crippen molar-refractivity contribution in [1.29, 1.82) is 0 Å². The van der Waals surface area contributed by atoms with Gasteiger partial charge in [-0.3, -0.25) is 0 Å². The fourth-order valence-corrected chi connectivity index (χ4v) is 0.872. The smallest absolute Gasteiger partial charge is 0.00500 e. The predicted molar refractivity (Wildman–Crippen MR) is 44.5 cm³/mol. The van der Waals surface area contributed by atoms with Crippen molar-refractivity contribution in [2.45, 2.75) is 6.92 Å². The van der Waals surface area contributed by atoms with E-state index in [4.69, 9.17) is 0 Å². The van der Waals surface area contributed by atoms with Crippen LogP contribution in [0.5, 0.6) is 0 Å². The van der Waals surface area contributed by atoms with Gasteiger partial charge in [0.05, 0.1) is 0 Å². The van der Waals surface area contributed by atoms with Crippen LogP contribution in [0.15, 0.2) is 35.3 Å². The molecule has 0 amide bonds. The first kappa shape index (κ1) is 6.69. The largest absolute Gasteiger partial charge is 0.147 e. The lowest BCUT2D eigenvalue weighted by Crippen LogP contribution is -1.85. The van der Waals surface area contributed by atoms with Crippen LogP contribution in [0.1, 0.15) is 6.92 Å². The van der Waals surface area contributed by atoms with E-state index in [9.17, 15) is 0 Å². The summed E-state index contributed by atoms with van der Waals surface area (Å²) in [7, 11) is 0. The molecule has 48 valence electrons. The van der Waals surface area contributed by atoms with Crippen LogP contribution >= 0.6 is 12.6 Å². The van der Waals surface area contributed by atoms with Gasteiger partial charge in [0.1, 0.15) is 0 Å². The third-order valence-electron chi connectivity index (χ3n) is 1.36. The molecule has 0 saturated heterocycles. The zero-order chi connectivity index (χ0) is 6.69. The first-order chi connectivity index (χ1) is 4.30. The van der Waals surface area contributed by atoms with Crippen LogP contribution < -0.4 is 0 Å². The lowest BCUT2D eigenvalue weighted by atomic mass is 10.1. The third kappa shape index (κ3) is 1.75. The van der Waals surface area contributed by atoms with Crippen LogP contribution in [-0.4, -0.2) is 0 Å². The summed E-state index contributed by atoms with van der Waals surface area (Å²) in [6.45, 7) is 2.13. The monoisotopic (exact) mass is 138 g/mol. The molecule has 0 heterocycles. The Balaban J connectivity index is 2.80. The number of hydrogen-bond donors (Lipinski definition) is 1. The Morgan fingerprint density at radius 3 is 2.89 bits per heavy atom. The zero-order valence-corrected chi connectivity index (χ0v) is 6.31. The average Bonchev–Trinajstić information content (AvgIpc) is 1.99. The molecule has 1 rings (SSSR count). The summed E-state index contributed by atoms with van der Waals surface area (Å²) in [5.74, 6) is 0.475. The topological polar surface area (TPSA) is 0 Å². The molecule has 0 fully saturated rings. The molecule has 1 aliphatic carbocycles. The number of allylic oxidation sites excluding steroid dienone is 6. The maximum atomic E-state index is 4.28.